The molecule has 19 heavy (non-hydrogen) atoms. The highest BCUT2D eigenvalue weighted by atomic mass is 16.5. The molecule has 0 spiro atoms. The summed E-state index contributed by atoms with van der Waals surface area (Å²) < 4.78 is 16.0. The molecule has 0 saturated carbocycles. The molecule has 1 aromatic carbocycles. The second kappa shape index (κ2) is 6.02. The summed E-state index contributed by atoms with van der Waals surface area (Å²) in [5.74, 6) is 1.98. The predicted octanol–water partition coefficient (Wildman–Crippen LogP) is 1.83. The van der Waals surface area contributed by atoms with Gasteiger partial charge in [0.25, 0.3) is 0 Å². The molecule has 1 fully saturated rings. The first-order valence-corrected chi connectivity index (χ1v) is 6.43. The second-order valence-electron chi connectivity index (χ2n) is 4.81. The van der Waals surface area contributed by atoms with Crippen molar-refractivity contribution in [2.75, 3.05) is 46.8 Å². The summed E-state index contributed by atoms with van der Waals surface area (Å²) in [4.78, 5) is 2.32. The molecule has 1 atom stereocenters. The van der Waals surface area contributed by atoms with Gasteiger partial charge in [0.15, 0.2) is 11.5 Å². The Kier molecular flexibility index (Phi) is 4.37. The zero-order valence-corrected chi connectivity index (χ0v) is 12.0. The van der Waals surface area contributed by atoms with Crippen LogP contribution >= 0.6 is 0 Å². The number of ether oxygens (including phenoxy) is 3. The van der Waals surface area contributed by atoms with Crippen LogP contribution in [-0.4, -0.2) is 52.4 Å². The van der Waals surface area contributed by atoms with E-state index in [4.69, 9.17) is 14.2 Å². The highest BCUT2D eigenvalue weighted by molar-refractivity contribution is 5.62. The molecular weight excluding hydrogens is 244 g/mol. The Morgan fingerprint density at radius 1 is 1.11 bits per heavy atom. The fraction of sp³-hybridized carbons (Fsp3) is 0.571. The molecule has 0 amide bonds. The van der Waals surface area contributed by atoms with E-state index >= 15 is 0 Å². The second-order valence-corrected chi connectivity index (χ2v) is 4.81. The van der Waals surface area contributed by atoms with Crippen molar-refractivity contribution in [3.63, 3.8) is 0 Å². The van der Waals surface area contributed by atoms with Crippen LogP contribution in [-0.2, 0) is 0 Å². The molecule has 1 heterocycles. The van der Waals surface area contributed by atoms with Crippen LogP contribution in [0.15, 0.2) is 12.1 Å². The Balaban J connectivity index is 2.21. The molecule has 5 nitrogen and oxygen atoms in total. The summed E-state index contributed by atoms with van der Waals surface area (Å²) in [6, 6.07) is 4.35. The molecule has 1 aliphatic rings. The third-order valence-corrected chi connectivity index (χ3v) is 3.43. The van der Waals surface area contributed by atoms with Crippen LogP contribution in [0.4, 0.5) is 5.69 Å². The highest BCUT2D eigenvalue weighted by Gasteiger charge is 2.20. The quantitative estimate of drug-likeness (QED) is 0.880. The highest BCUT2D eigenvalue weighted by Crippen LogP contribution is 2.40. The molecule has 1 unspecified atom stereocenters. The maximum Gasteiger partial charge on any atom is 0.203 e. The molecule has 0 aliphatic carbocycles. The van der Waals surface area contributed by atoms with Gasteiger partial charge in [0.1, 0.15) is 0 Å². The van der Waals surface area contributed by atoms with E-state index in [0.29, 0.717) is 23.3 Å². The molecule has 0 aromatic heterocycles. The molecule has 106 valence electrons. The van der Waals surface area contributed by atoms with E-state index in [1.54, 1.807) is 21.3 Å². The van der Waals surface area contributed by atoms with E-state index in [2.05, 4.69) is 17.3 Å². The number of nitrogens with zero attached hydrogens (tertiary/aromatic N) is 1. The summed E-state index contributed by atoms with van der Waals surface area (Å²) in [6.45, 7) is 2.18. The van der Waals surface area contributed by atoms with E-state index in [0.717, 1.165) is 25.2 Å². The zero-order valence-electron chi connectivity index (χ0n) is 12.0. The topological polar surface area (TPSA) is 43.0 Å². The predicted molar refractivity (Wildman–Crippen MR) is 75.6 cm³/mol. The van der Waals surface area contributed by atoms with Crippen molar-refractivity contribution >= 4 is 5.69 Å². The van der Waals surface area contributed by atoms with Gasteiger partial charge in [0.2, 0.25) is 5.75 Å². The molecular formula is C14H22N2O3. The lowest BCUT2D eigenvalue weighted by Gasteiger charge is -2.18. The van der Waals surface area contributed by atoms with Gasteiger partial charge in [-0.2, -0.15) is 0 Å². The van der Waals surface area contributed by atoms with Gasteiger partial charge in [0.05, 0.1) is 21.3 Å². The average molecular weight is 266 g/mol. The Labute approximate surface area is 114 Å². The molecule has 0 radical (unpaired) electrons. The minimum Gasteiger partial charge on any atom is -0.493 e. The van der Waals surface area contributed by atoms with Gasteiger partial charge < -0.3 is 24.4 Å². The molecule has 2 rings (SSSR count). The normalized spacial score (nSPS) is 19.3. The van der Waals surface area contributed by atoms with Crippen molar-refractivity contribution in [1.82, 2.24) is 4.90 Å². The standard InChI is InChI=1S/C14H22N2O3/c1-16-6-5-10(9-16)15-11-7-12(17-2)14(19-4)13(8-11)18-3/h7-8,10,15H,5-6,9H2,1-4H3. The number of likely N-dealkylation sites (tertiary alicyclic amines) is 1. The summed E-state index contributed by atoms with van der Waals surface area (Å²) in [5.41, 5.74) is 0.995. The lowest BCUT2D eigenvalue weighted by atomic mass is 10.2. The van der Waals surface area contributed by atoms with E-state index in [1.807, 2.05) is 12.1 Å². The van der Waals surface area contributed by atoms with Crippen LogP contribution in [0.2, 0.25) is 0 Å². The van der Waals surface area contributed by atoms with Crippen LogP contribution in [0.3, 0.4) is 0 Å². The van der Waals surface area contributed by atoms with Crippen molar-refractivity contribution < 1.29 is 14.2 Å². The summed E-state index contributed by atoms with van der Waals surface area (Å²) >= 11 is 0. The van der Waals surface area contributed by atoms with Crippen molar-refractivity contribution in [1.29, 1.82) is 0 Å². The van der Waals surface area contributed by atoms with Gasteiger partial charge in [-0.25, -0.2) is 0 Å². The Hall–Kier alpha value is -1.62. The van der Waals surface area contributed by atoms with Crippen molar-refractivity contribution in [3.8, 4) is 17.2 Å². The van der Waals surface area contributed by atoms with Gasteiger partial charge in [-0.15, -0.1) is 0 Å². The number of hydrogen-bond acceptors (Lipinski definition) is 5. The molecule has 5 heteroatoms. The SMILES string of the molecule is COc1cc(NC2CCN(C)C2)cc(OC)c1OC. The van der Waals surface area contributed by atoms with Crippen molar-refractivity contribution in [2.45, 2.75) is 12.5 Å². The Morgan fingerprint density at radius 3 is 2.16 bits per heavy atom. The van der Waals surface area contributed by atoms with E-state index in [-0.39, 0.29) is 0 Å². The fourth-order valence-corrected chi connectivity index (χ4v) is 2.45. The Morgan fingerprint density at radius 2 is 1.74 bits per heavy atom. The summed E-state index contributed by atoms with van der Waals surface area (Å²) in [6.07, 6.45) is 1.15. The first-order chi connectivity index (χ1) is 9.17. The van der Waals surface area contributed by atoms with Gasteiger partial charge in [0, 0.05) is 30.4 Å². The minimum absolute atomic E-state index is 0.466. The number of likely N-dealkylation sites (N-methyl/N-ethyl adjacent to an activating group) is 1. The number of methoxy groups -OCH3 is 3. The number of anilines is 1. The maximum absolute atomic E-state index is 5.35. The lowest BCUT2D eigenvalue weighted by Crippen LogP contribution is -2.23. The van der Waals surface area contributed by atoms with E-state index in [1.165, 1.54) is 0 Å². The van der Waals surface area contributed by atoms with Crippen LogP contribution < -0.4 is 19.5 Å². The van der Waals surface area contributed by atoms with E-state index in [9.17, 15) is 0 Å². The van der Waals surface area contributed by atoms with Gasteiger partial charge in [-0.1, -0.05) is 0 Å². The van der Waals surface area contributed by atoms with Crippen molar-refractivity contribution in [2.24, 2.45) is 0 Å². The molecule has 1 saturated heterocycles. The smallest absolute Gasteiger partial charge is 0.203 e. The largest absolute Gasteiger partial charge is 0.493 e. The number of benzene rings is 1. The number of rotatable bonds is 5. The van der Waals surface area contributed by atoms with E-state index < -0.39 is 0 Å². The van der Waals surface area contributed by atoms with Gasteiger partial charge >= 0.3 is 0 Å². The van der Waals surface area contributed by atoms with Gasteiger partial charge in [-0.3, -0.25) is 0 Å². The molecule has 0 bridgehead atoms. The average Bonchev–Trinajstić information content (AvgIpc) is 2.82. The summed E-state index contributed by atoms with van der Waals surface area (Å²) in [7, 11) is 7.01. The van der Waals surface area contributed by atoms with Crippen molar-refractivity contribution in [3.05, 3.63) is 12.1 Å². The molecule has 1 N–H and O–H groups in total. The van der Waals surface area contributed by atoms with Crippen LogP contribution in [0.1, 0.15) is 6.42 Å². The van der Waals surface area contributed by atoms with Crippen LogP contribution in [0.25, 0.3) is 0 Å². The minimum atomic E-state index is 0.466. The Bertz CT molecular complexity index is 412. The lowest BCUT2D eigenvalue weighted by molar-refractivity contribution is 0.324. The fourth-order valence-electron chi connectivity index (χ4n) is 2.45. The number of nitrogens with one attached hydrogen (secondary N) is 1. The third kappa shape index (κ3) is 3.04. The zero-order chi connectivity index (χ0) is 13.8. The van der Waals surface area contributed by atoms with Crippen LogP contribution in [0.5, 0.6) is 17.2 Å². The van der Waals surface area contributed by atoms with Crippen LogP contribution in [0, 0.1) is 0 Å². The number of hydrogen-bond donors (Lipinski definition) is 1. The molecule has 1 aromatic rings. The third-order valence-electron chi connectivity index (χ3n) is 3.43. The summed E-state index contributed by atoms with van der Waals surface area (Å²) in [5, 5.41) is 3.51. The maximum atomic E-state index is 5.35. The molecule has 1 aliphatic heterocycles. The monoisotopic (exact) mass is 266 g/mol. The first-order valence-electron chi connectivity index (χ1n) is 6.43. The van der Waals surface area contributed by atoms with Gasteiger partial charge in [-0.05, 0) is 20.0 Å². The first kappa shape index (κ1) is 13.8.